The van der Waals surface area contributed by atoms with Gasteiger partial charge in [-0.2, -0.15) is 0 Å². The van der Waals surface area contributed by atoms with E-state index < -0.39 is 0 Å². The van der Waals surface area contributed by atoms with Crippen LogP contribution in [0.15, 0.2) is 18.2 Å². The second-order valence-electron chi connectivity index (χ2n) is 6.43. The number of hydrogen-bond donors (Lipinski definition) is 1. The normalized spacial score (nSPS) is 11.4. The van der Waals surface area contributed by atoms with Crippen LogP contribution in [0.25, 0.3) is 10.9 Å². The number of benzene rings is 1. The van der Waals surface area contributed by atoms with Gasteiger partial charge in [0.05, 0.1) is 0 Å². The van der Waals surface area contributed by atoms with Gasteiger partial charge >= 0.3 is 0 Å². The Hall–Kier alpha value is -1.92. The van der Waals surface area contributed by atoms with Gasteiger partial charge in [0.2, 0.25) is 5.13 Å². The van der Waals surface area contributed by atoms with Crippen LogP contribution in [-0.2, 0) is 13.0 Å². The predicted octanol–water partition coefficient (Wildman–Crippen LogP) is 4.93. The second kappa shape index (κ2) is 7.14. The van der Waals surface area contributed by atoms with Crippen LogP contribution in [0.4, 0.5) is 5.13 Å². The Labute approximate surface area is 156 Å². The van der Waals surface area contributed by atoms with Crippen LogP contribution in [-0.4, -0.2) is 20.7 Å². The number of carbonyl (C=O) groups is 1. The molecule has 0 aliphatic heterocycles. The van der Waals surface area contributed by atoms with E-state index in [1.807, 2.05) is 36.6 Å². The first kappa shape index (κ1) is 17.9. The third-order valence-electron chi connectivity index (χ3n) is 4.08. The lowest BCUT2D eigenvalue weighted by Gasteiger charge is -2.08. The minimum atomic E-state index is -0.168. The van der Waals surface area contributed by atoms with Crippen molar-refractivity contribution in [2.24, 2.45) is 5.92 Å². The van der Waals surface area contributed by atoms with Crippen LogP contribution >= 0.6 is 22.9 Å². The van der Waals surface area contributed by atoms with Crippen LogP contribution in [0.3, 0.4) is 0 Å². The molecule has 0 aliphatic rings. The van der Waals surface area contributed by atoms with E-state index in [1.165, 1.54) is 11.3 Å². The molecule has 5 nitrogen and oxygen atoms in total. The van der Waals surface area contributed by atoms with Gasteiger partial charge in [-0.1, -0.05) is 36.8 Å². The standard InChI is InChI=1S/C18H21ClN4OS/c1-5-23-14-7-6-12(19)9-13(14)11(4)16(23)17(24)20-18-22-21-15(25-18)8-10(2)3/h6-7,9-10H,5,8H2,1-4H3,(H,20,22,24). The number of amides is 1. The number of rotatable bonds is 5. The van der Waals surface area contributed by atoms with Gasteiger partial charge in [0.25, 0.3) is 5.91 Å². The van der Waals surface area contributed by atoms with Crippen LogP contribution in [0.5, 0.6) is 0 Å². The van der Waals surface area contributed by atoms with E-state index >= 15 is 0 Å². The molecular formula is C18H21ClN4OS. The molecule has 2 aromatic heterocycles. The summed E-state index contributed by atoms with van der Waals surface area (Å²) in [5.74, 6) is 0.338. The molecule has 3 aromatic rings. The second-order valence-corrected chi connectivity index (χ2v) is 7.93. The zero-order chi connectivity index (χ0) is 18.1. The van der Waals surface area contributed by atoms with E-state index in [-0.39, 0.29) is 5.91 Å². The summed E-state index contributed by atoms with van der Waals surface area (Å²) in [5, 5.41) is 14.3. The fraction of sp³-hybridized carbons (Fsp3) is 0.389. The Bertz CT molecular complexity index is 929. The van der Waals surface area contributed by atoms with Crippen LogP contribution < -0.4 is 5.32 Å². The molecule has 25 heavy (non-hydrogen) atoms. The molecule has 0 aliphatic carbocycles. The highest BCUT2D eigenvalue weighted by Crippen LogP contribution is 2.29. The number of carbonyl (C=O) groups excluding carboxylic acids is 1. The summed E-state index contributed by atoms with van der Waals surface area (Å²) in [4.78, 5) is 12.9. The fourth-order valence-corrected chi connectivity index (χ4v) is 4.13. The van der Waals surface area contributed by atoms with E-state index in [2.05, 4.69) is 29.4 Å². The highest BCUT2D eigenvalue weighted by molar-refractivity contribution is 7.15. The molecule has 3 rings (SSSR count). The van der Waals surface area contributed by atoms with Gasteiger partial charge < -0.3 is 4.57 Å². The summed E-state index contributed by atoms with van der Waals surface area (Å²) in [6, 6.07) is 5.71. The number of nitrogens with zero attached hydrogens (tertiary/aromatic N) is 3. The third-order valence-corrected chi connectivity index (χ3v) is 5.18. The molecule has 0 spiro atoms. The number of aromatic nitrogens is 3. The molecule has 0 saturated carbocycles. The van der Waals surface area contributed by atoms with E-state index in [9.17, 15) is 4.79 Å². The average molecular weight is 377 g/mol. The number of halogens is 1. The maximum Gasteiger partial charge on any atom is 0.274 e. The molecule has 0 fully saturated rings. The number of aryl methyl sites for hydroxylation is 2. The van der Waals surface area contributed by atoms with Crippen molar-refractivity contribution >= 4 is 44.9 Å². The summed E-state index contributed by atoms with van der Waals surface area (Å²) in [5.41, 5.74) is 2.57. The number of anilines is 1. The number of hydrogen-bond acceptors (Lipinski definition) is 4. The van der Waals surface area contributed by atoms with Gasteiger partial charge in [-0.15, -0.1) is 10.2 Å². The quantitative estimate of drug-likeness (QED) is 0.687. The number of nitrogens with one attached hydrogen (secondary N) is 1. The SMILES string of the molecule is CCn1c(C(=O)Nc2nnc(CC(C)C)s2)c(C)c2cc(Cl)ccc21. The average Bonchev–Trinajstić information content (AvgIpc) is 3.09. The Morgan fingerprint density at radius 2 is 2.12 bits per heavy atom. The summed E-state index contributed by atoms with van der Waals surface area (Å²) in [6.07, 6.45) is 0.861. The summed E-state index contributed by atoms with van der Waals surface area (Å²) < 4.78 is 2.01. The Morgan fingerprint density at radius 1 is 1.36 bits per heavy atom. The summed E-state index contributed by atoms with van der Waals surface area (Å²) in [6.45, 7) is 8.94. The van der Waals surface area contributed by atoms with Crippen LogP contribution in [0.1, 0.15) is 41.8 Å². The van der Waals surface area contributed by atoms with Crippen molar-refractivity contribution in [1.29, 1.82) is 0 Å². The molecule has 1 N–H and O–H groups in total. The topological polar surface area (TPSA) is 59.8 Å². The van der Waals surface area contributed by atoms with Gasteiger partial charge in [-0.05, 0) is 43.5 Å². The van der Waals surface area contributed by atoms with Gasteiger partial charge in [0, 0.05) is 28.9 Å². The lowest BCUT2D eigenvalue weighted by molar-refractivity contribution is 0.101. The zero-order valence-corrected chi connectivity index (χ0v) is 16.3. The van der Waals surface area contributed by atoms with Gasteiger partial charge in [0.15, 0.2) is 0 Å². The fourth-order valence-electron chi connectivity index (χ4n) is 3.01. The molecule has 2 heterocycles. The van der Waals surface area contributed by atoms with Gasteiger partial charge in [-0.25, -0.2) is 0 Å². The summed E-state index contributed by atoms with van der Waals surface area (Å²) >= 11 is 7.55. The molecule has 1 amide bonds. The van der Waals surface area contributed by atoms with E-state index in [0.29, 0.717) is 28.3 Å². The predicted molar refractivity (Wildman–Crippen MR) is 104 cm³/mol. The van der Waals surface area contributed by atoms with Crippen molar-refractivity contribution < 1.29 is 4.79 Å². The smallest absolute Gasteiger partial charge is 0.274 e. The highest BCUT2D eigenvalue weighted by Gasteiger charge is 2.21. The first-order valence-corrected chi connectivity index (χ1v) is 9.52. The molecule has 132 valence electrons. The summed E-state index contributed by atoms with van der Waals surface area (Å²) in [7, 11) is 0. The lowest BCUT2D eigenvalue weighted by atomic mass is 10.1. The van der Waals surface area contributed by atoms with Crippen LogP contribution in [0, 0.1) is 12.8 Å². The Morgan fingerprint density at radius 3 is 2.80 bits per heavy atom. The van der Waals surface area contributed by atoms with Crippen molar-refractivity contribution in [3.63, 3.8) is 0 Å². The van der Waals surface area contributed by atoms with E-state index in [1.54, 1.807) is 0 Å². The van der Waals surface area contributed by atoms with Crippen molar-refractivity contribution in [3.8, 4) is 0 Å². The monoisotopic (exact) mass is 376 g/mol. The minimum absolute atomic E-state index is 0.168. The van der Waals surface area contributed by atoms with Crippen molar-refractivity contribution in [2.75, 3.05) is 5.32 Å². The van der Waals surface area contributed by atoms with Gasteiger partial charge in [0.1, 0.15) is 10.7 Å². The molecule has 0 saturated heterocycles. The third kappa shape index (κ3) is 3.55. The van der Waals surface area contributed by atoms with E-state index in [4.69, 9.17) is 11.6 Å². The Balaban J connectivity index is 1.94. The Kier molecular flexibility index (Phi) is 5.11. The molecule has 1 aromatic carbocycles. The molecular weight excluding hydrogens is 356 g/mol. The maximum atomic E-state index is 12.9. The van der Waals surface area contributed by atoms with Crippen molar-refractivity contribution in [1.82, 2.24) is 14.8 Å². The first-order chi connectivity index (χ1) is 11.9. The minimum Gasteiger partial charge on any atom is -0.337 e. The van der Waals surface area contributed by atoms with Crippen molar-refractivity contribution in [2.45, 2.75) is 40.7 Å². The van der Waals surface area contributed by atoms with Crippen LogP contribution in [0.2, 0.25) is 5.02 Å². The first-order valence-electron chi connectivity index (χ1n) is 8.32. The molecule has 0 unspecified atom stereocenters. The highest BCUT2D eigenvalue weighted by atomic mass is 35.5. The zero-order valence-electron chi connectivity index (χ0n) is 14.8. The lowest BCUT2D eigenvalue weighted by Crippen LogP contribution is -2.17. The molecule has 0 radical (unpaired) electrons. The molecule has 0 atom stereocenters. The van der Waals surface area contributed by atoms with Crippen molar-refractivity contribution in [3.05, 3.63) is 39.5 Å². The number of fused-ring (bicyclic) bond motifs is 1. The van der Waals surface area contributed by atoms with Gasteiger partial charge in [-0.3, -0.25) is 10.1 Å². The molecule has 7 heteroatoms. The maximum absolute atomic E-state index is 12.9. The molecule has 0 bridgehead atoms. The van der Waals surface area contributed by atoms with E-state index in [0.717, 1.165) is 27.9 Å². The largest absolute Gasteiger partial charge is 0.337 e.